The minimum Gasteiger partial charge on any atom is -0.338 e. The summed E-state index contributed by atoms with van der Waals surface area (Å²) in [5.41, 5.74) is 0.821. The van der Waals surface area contributed by atoms with Gasteiger partial charge in [0, 0.05) is 5.02 Å². The molecule has 0 bridgehead atoms. The van der Waals surface area contributed by atoms with Gasteiger partial charge in [-0.2, -0.15) is 0 Å². The van der Waals surface area contributed by atoms with Crippen molar-refractivity contribution in [3.05, 3.63) is 58.9 Å². The highest BCUT2D eigenvalue weighted by molar-refractivity contribution is 7.22. The minimum atomic E-state index is -0.529. The standard InChI is InChI=1S/C18H17ClFN3OS/c1-22(2)9-10-23(17(24)13-5-3-4-6-14(13)20)18-21-15-8-7-12(19)11-16(15)25-18/h3-8,11H,9-10H2,1-2H3/p+1. The first kappa shape index (κ1) is 17.8. The van der Waals surface area contributed by atoms with Crippen LogP contribution in [0, 0.1) is 5.82 Å². The first-order valence-corrected chi connectivity index (χ1v) is 9.06. The number of amides is 1. The summed E-state index contributed by atoms with van der Waals surface area (Å²) in [4.78, 5) is 20.2. The molecule has 0 atom stereocenters. The molecule has 0 aliphatic rings. The van der Waals surface area contributed by atoms with Crippen LogP contribution in [0.25, 0.3) is 10.2 Å². The Kier molecular flexibility index (Phi) is 5.32. The van der Waals surface area contributed by atoms with Crippen LogP contribution in [0.15, 0.2) is 42.5 Å². The lowest BCUT2D eigenvalue weighted by Gasteiger charge is -2.20. The molecule has 0 aliphatic heterocycles. The molecule has 0 aliphatic carbocycles. The van der Waals surface area contributed by atoms with E-state index in [1.165, 1.54) is 28.4 Å². The maximum atomic E-state index is 14.1. The molecule has 1 heterocycles. The van der Waals surface area contributed by atoms with E-state index in [0.29, 0.717) is 16.7 Å². The second-order valence-electron chi connectivity index (χ2n) is 6.00. The zero-order valence-corrected chi connectivity index (χ0v) is 15.5. The zero-order valence-electron chi connectivity index (χ0n) is 13.9. The lowest BCUT2D eigenvalue weighted by molar-refractivity contribution is -0.856. The number of carbonyl (C=O) groups is 1. The van der Waals surface area contributed by atoms with Gasteiger partial charge in [-0.1, -0.05) is 35.1 Å². The number of likely N-dealkylation sites (N-methyl/N-ethyl adjacent to an activating group) is 1. The summed E-state index contributed by atoms with van der Waals surface area (Å²) in [6, 6.07) is 11.4. The van der Waals surface area contributed by atoms with Crippen LogP contribution in [0.4, 0.5) is 9.52 Å². The number of carbonyl (C=O) groups excluding carboxylic acids is 1. The Morgan fingerprint density at radius 2 is 2.04 bits per heavy atom. The van der Waals surface area contributed by atoms with Gasteiger partial charge in [0.05, 0.1) is 43.0 Å². The van der Waals surface area contributed by atoms with Gasteiger partial charge in [-0.3, -0.25) is 9.69 Å². The van der Waals surface area contributed by atoms with Crippen LogP contribution >= 0.6 is 22.9 Å². The van der Waals surface area contributed by atoms with Crippen molar-refractivity contribution in [2.75, 3.05) is 32.1 Å². The fraction of sp³-hybridized carbons (Fsp3) is 0.222. The first-order valence-electron chi connectivity index (χ1n) is 7.87. The Hall–Kier alpha value is -2.02. The van der Waals surface area contributed by atoms with Crippen molar-refractivity contribution < 1.29 is 14.1 Å². The van der Waals surface area contributed by atoms with Gasteiger partial charge in [-0.05, 0) is 30.3 Å². The third-order valence-electron chi connectivity index (χ3n) is 3.75. The molecule has 0 saturated heterocycles. The average molecular weight is 379 g/mol. The highest BCUT2D eigenvalue weighted by Crippen LogP contribution is 2.31. The van der Waals surface area contributed by atoms with Crippen LogP contribution < -0.4 is 9.80 Å². The SMILES string of the molecule is C[NH+](C)CCN(C(=O)c1ccccc1F)c1nc2ccc(Cl)cc2s1. The van der Waals surface area contributed by atoms with Crippen molar-refractivity contribution in [2.24, 2.45) is 0 Å². The maximum absolute atomic E-state index is 14.1. The van der Waals surface area contributed by atoms with Crippen molar-refractivity contribution in [1.29, 1.82) is 0 Å². The topological polar surface area (TPSA) is 37.6 Å². The molecule has 7 heteroatoms. The Balaban J connectivity index is 2.01. The van der Waals surface area contributed by atoms with Gasteiger partial charge < -0.3 is 4.90 Å². The number of thiazole rings is 1. The summed E-state index contributed by atoms with van der Waals surface area (Å²) in [7, 11) is 4.01. The molecule has 25 heavy (non-hydrogen) atoms. The predicted molar refractivity (Wildman–Crippen MR) is 100 cm³/mol. The van der Waals surface area contributed by atoms with Gasteiger partial charge in [-0.15, -0.1) is 0 Å². The molecule has 1 N–H and O–H groups in total. The fourth-order valence-electron chi connectivity index (χ4n) is 2.40. The van der Waals surface area contributed by atoms with E-state index >= 15 is 0 Å². The van der Waals surface area contributed by atoms with Gasteiger partial charge in [0.1, 0.15) is 5.82 Å². The van der Waals surface area contributed by atoms with E-state index in [9.17, 15) is 9.18 Å². The molecule has 0 spiro atoms. The van der Waals surface area contributed by atoms with E-state index in [0.717, 1.165) is 16.8 Å². The highest BCUT2D eigenvalue weighted by atomic mass is 35.5. The number of rotatable bonds is 5. The quantitative estimate of drug-likeness (QED) is 0.741. The summed E-state index contributed by atoms with van der Waals surface area (Å²) in [6.07, 6.45) is 0. The molecule has 3 rings (SSSR count). The lowest BCUT2D eigenvalue weighted by Crippen LogP contribution is -3.06. The molecule has 4 nitrogen and oxygen atoms in total. The lowest BCUT2D eigenvalue weighted by atomic mass is 10.2. The molecule has 0 fully saturated rings. The largest absolute Gasteiger partial charge is 0.338 e. The van der Waals surface area contributed by atoms with Crippen molar-refractivity contribution in [3.8, 4) is 0 Å². The molecular weight excluding hydrogens is 361 g/mol. The zero-order chi connectivity index (χ0) is 18.0. The van der Waals surface area contributed by atoms with E-state index in [4.69, 9.17) is 11.6 Å². The van der Waals surface area contributed by atoms with Crippen molar-refractivity contribution in [1.82, 2.24) is 4.98 Å². The number of hydrogen-bond acceptors (Lipinski definition) is 3. The second-order valence-corrected chi connectivity index (χ2v) is 7.45. The Labute approximate surface area is 154 Å². The van der Waals surface area contributed by atoms with Gasteiger partial charge in [-0.25, -0.2) is 9.37 Å². The van der Waals surface area contributed by atoms with Gasteiger partial charge in [0.15, 0.2) is 5.13 Å². The number of nitrogens with zero attached hydrogens (tertiary/aromatic N) is 2. The molecule has 130 valence electrons. The molecule has 1 amide bonds. The molecule has 1 aromatic heterocycles. The fourth-order valence-corrected chi connectivity index (χ4v) is 3.67. The smallest absolute Gasteiger partial charge is 0.263 e. The Morgan fingerprint density at radius 3 is 2.76 bits per heavy atom. The van der Waals surface area contributed by atoms with E-state index in [2.05, 4.69) is 4.98 Å². The summed E-state index contributed by atoms with van der Waals surface area (Å²) in [6.45, 7) is 1.17. The van der Waals surface area contributed by atoms with Crippen LogP contribution in [0.3, 0.4) is 0 Å². The van der Waals surface area contributed by atoms with Crippen LogP contribution in [-0.2, 0) is 0 Å². The highest BCUT2D eigenvalue weighted by Gasteiger charge is 2.24. The summed E-state index contributed by atoms with van der Waals surface area (Å²) in [5.74, 6) is -0.914. The molecule has 0 saturated carbocycles. The third kappa shape index (κ3) is 3.98. The third-order valence-corrected chi connectivity index (χ3v) is 5.03. The summed E-state index contributed by atoms with van der Waals surface area (Å²) < 4.78 is 15.0. The van der Waals surface area contributed by atoms with Crippen molar-refractivity contribution in [3.63, 3.8) is 0 Å². The van der Waals surface area contributed by atoms with Crippen LogP contribution in [0.1, 0.15) is 10.4 Å². The average Bonchev–Trinajstić information content (AvgIpc) is 2.97. The van der Waals surface area contributed by atoms with E-state index in [1.807, 2.05) is 26.2 Å². The number of halogens is 2. The minimum absolute atomic E-state index is 0.0496. The van der Waals surface area contributed by atoms with Crippen molar-refractivity contribution in [2.45, 2.75) is 0 Å². The maximum Gasteiger partial charge on any atom is 0.263 e. The number of nitrogens with one attached hydrogen (secondary N) is 1. The number of anilines is 1. The normalized spacial score (nSPS) is 11.2. The number of quaternary nitrogens is 1. The van der Waals surface area contributed by atoms with Gasteiger partial charge in [0.2, 0.25) is 0 Å². The number of benzene rings is 2. The summed E-state index contributed by atoms with van der Waals surface area (Å²) >= 11 is 7.41. The number of fused-ring (bicyclic) bond motifs is 1. The monoisotopic (exact) mass is 378 g/mol. The first-order chi connectivity index (χ1) is 12.0. The van der Waals surface area contributed by atoms with E-state index < -0.39 is 5.82 Å². The molecule has 3 aromatic rings. The molecule has 0 radical (unpaired) electrons. The predicted octanol–water partition coefficient (Wildman–Crippen LogP) is 2.88. The Bertz CT molecular complexity index is 912. The second kappa shape index (κ2) is 7.47. The molecular formula is C18H18ClFN3OS+. The van der Waals surface area contributed by atoms with Crippen LogP contribution in [0.5, 0.6) is 0 Å². The van der Waals surface area contributed by atoms with Gasteiger partial charge in [0.25, 0.3) is 5.91 Å². The van der Waals surface area contributed by atoms with Gasteiger partial charge >= 0.3 is 0 Å². The molecule has 0 unspecified atom stereocenters. The Morgan fingerprint density at radius 1 is 1.28 bits per heavy atom. The number of hydrogen-bond donors (Lipinski definition) is 1. The van der Waals surface area contributed by atoms with Crippen LogP contribution in [0.2, 0.25) is 5.02 Å². The van der Waals surface area contributed by atoms with E-state index in [1.54, 1.807) is 23.1 Å². The van der Waals surface area contributed by atoms with E-state index in [-0.39, 0.29) is 11.5 Å². The van der Waals surface area contributed by atoms with Crippen LogP contribution in [-0.4, -0.2) is 38.1 Å². The molecule has 2 aromatic carbocycles. The summed E-state index contributed by atoms with van der Waals surface area (Å²) in [5, 5.41) is 1.17. The van der Waals surface area contributed by atoms with Crippen molar-refractivity contribution >= 4 is 44.2 Å². The number of aromatic nitrogens is 1.